The molecule has 0 unspecified atom stereocenters. The Labute approximate surface area is 193 Å². The molecule has 2 heterocycles. The molecule has 1 saturated heterocycles. The van der Waals surface area contributed by atoms with Crippen LogP contribution >= 0.6 is 0 Å². The molecular formula is C26H28N2O5. The van der Waals surface area contributed by atoms with Crippen molar-refractivity contribution in [2.24, 2.45) is 0 Å². The number of benzene rings is 2. The summed E-state index contributed by atoms with van der Waals surface area (Å²) in [5, 5.41) is 0. The number of methoxy groups -OCH3 is 1. The quantitative estimate of drug-likeness (QED) is 0.528. The van der Waals surface area contributed by atoms with Gasteiger partial charge in [0.25, 0.3) is 5.91 Å². The molecule has 1 aliphatic rings. The molecule has 4 rings (SSSR count). The molecule has 0 aliphatic carbocycles. The fourth-order valence-electron chi connectivity index (χ4n) is 3.91. The second-order valence-electron chi connectivity index (χ2n) is 8.06. The molecule has 1 aliphatic heterocycles. The lowest BCUT2D eigenvalue weighted by atomic mass is 10.1. The summed E-state index contributed by atoms with van der Waals surface area (Å²) < 4.78 is 16.6. The van der Waals surface area contributed by atoms with Crippen LogP contribution in [0, 0.1) is 0 Å². The Morgan fingerprint density at radius 2 is 1.88 bits per heavy atom. The smallest absolute Gasteiger partial charge is 0.257 e. The summed E-state index contributed by atoms with van der Waals surface area (Å²) in [6, 6.07) is 19.3. The number of rotatable bonds is 8. The predicted octanol–water partition coefficient (Wildman–Crippen LogP) is 3.40. The van der Waals surface area contributed by atoms with Crippen LogP contribution in [0.1, 0.15) is 21.5 Å². The topological polar surface area (TPSA) is 72.2 Å². The Bertz CT molecular complexity index is 1050. The van der Waals surface area contributed by atoms with E-state index in [-0.39, 0.29) is 24.5 Å². The van der Waals surface area contributed by atoms with Crippen LogP contribution in [0.25, 0.3) is 0 Å². The van der Waals surface area contributed by atoms with E-state index >= 15 is 0 Å². The van der Waals surface area contributed by atoms with Gasteiger partial charge in [-0.1, -0.05) is 42.5 Å². The Morgan fingerprint density at radius 3 is 2.64 bits per heavy atom. The number of ether oxygens (including phenoxy) is 2. The molecule has 7 heteroatoms. The third kappa shape index (κ3) is 6.02. The van der Waals surface area contributed by atoms with Crippen LogP contribution in [0.4, 0.5) is 0 Å². The highest BCUT2D eigenvalue weighted by atomic mass is 16.5. The van der Waals surface area contributed by atoms with Gasteiger partial charge >= 0.3 is 0 Å². The summed E-state index contributed by atoms with van der Waals surface area (Å²) in [5.74, 6) is 0.431. The molecule has 7 nitrogen and oxygen atoms in total. The molecule has 0 spiro atoms. The van der Waals surface area contributed by atoms with Gasteiger partial charge in [-0.2, -0.15) is 0 Å². The molecule has 1 aromatic heterocycles. The SMILES string of the molecule is COc1cccc(CO[C@H]2CN(CCc3ccccc3)C(=O)CN(C(=O)c3ccoc3)C2)c1. The first-order valence-electron chi connectivity index (χ1n) is 11.0. The van der Waals surface area contributed by atoms with E-state index in [0.29, 0.717) is 31.8 Å². The van der Waals surface area contributed by atoms with Crippen molar-refractivity contribution in [3.63, 3.8) is 0 Å². The van der Waals surface area contributed by atoms with E-state index in [0.717, 1.165) is 23.3 Å². The lowest BCUT2D eigenvalue weighted by Crippen LogP contribution is -2.40. The van der Waals surface area contributed by atoms with Crippen molar-refractivity contribution in [3.8, 4) is 5.75 Å². The second kappa shape index (κ2) is 10.8. The molecule has 2 aromatic carbocycles. The third-order valence-electron chi connectivity index (χ3n) is 5.72. The number of furan rings is 1. The molecular weight excluding hydrogens is 420 g/mol. The maximum atomic E-state index is 13.1. The summed E-state index contributed by atoms with van der Waals surface area (Å²) in [7, 11) is 1.63. The van der Waals surface area contributed by atoms with Crippen molar-refractivity contribution in [1.29, 1.82) is 0 Å². The predicted molar refractivity (Wildman–Crippen MR) is 123 cm³/mol. The molecule has 0 radical (unpaired) electrons. The number of nitrogens with zero attached hydrogens (tertiary/aromatic N) is 2. The largest absolute Gasteiger partial charge is 0.497 e. The average molecular weight is 449 g/mol. The zero-order valence-electron chi connectivity index (χ0n) is 18.7. The fourth-order valence-corrected chi connectivity index (χ4v) is 3.91. The van der Waals surface area contributed by atoms with Crippen LogP contribution in [-0.2, 0) is 22.6 Å². The van der Waals surface area contributed by atoms with E-state index < -0.39 is 0 Å². The normalized spacial score (nSPS) is 16.5. The van der Waals surface area contributed by atoms with Gasteiger partial charge in [-0.05, 0) is 35.7 Å². The molecule has 2 amide bonds. The maximum absolute atomic E-state index is 13.1. The lowest BCUT2D eigenvalue weighted by Gasteiger charge is -2.25. The van der Waals surface area contributed by atoms with Crippen LogP contribution in [0.2, 0.25) is 0 Å². The van der Waals surface area contributed by atoms with Gasteiger partial charge in [0.15, 0.2) is 0 Å². The molecule has 0 saturated carbocycles. The van der Waals surface area contributed by atoms with Crippen molar-refractivity contribution in [2.75, 3.05) is 33.3 Å². The maximum Gasteiger partial charge on any atom is 0.257 e. The first kappa shape index (κ1) is 22.6. The summed E-state index contributed by atoms with van der Waals surface area (Å²) in [4.78, 5) is 29.4. The second-order valence-corrected chi connectivity index (χ2v) is 8.06. The standard InChI is InChI=1S/C26H28N2O5/c1-31-23-9-5-8-21(14-23)18-33-24-15-27(12-10-20-6-3-2-4-7-20)25(29)17-28(16-24)26(30)22-11-13-32-19-22/h2-9,11,13-14,19,24H,10,12,15-18H2,1H3/t24-/m0/s1. The first-order chi connectivity index (χ1) is 16.1. The third-order valence-corrected chi connectivity index (χ3v) is 5.72. The van der Waals surface area contributed by atoms with Crippen LogP contribution in [0.3, 0.4) is 0 Å². The number of hydrogen-bond acceptors (Lipinski definition) is 5. The van der Waals surface area contributed by atoms with Crippen molar-refractivity contribution in [1.82, 2.24) is 9.80 Å². The van der Waals surface area contributed by atoms with Crippen molar-refractivity contribution in [2.45, 2.75) is 19.1 Å². The minimum Gasteiger partial charge on any atom is -0.497 e. The van der Waals surface area contributed by atoms with E-state index in [1.807, 2.05) is 54.6 Å². The Balaban J connectivity index is 1.48. The minimum absolute atomic E-state index is 0.0117. The molecule has 1 fully saturated rings. The van der Waals surface area contributed by atoms with E-state index in [1.165, 1.54) is 12.5 Å². The number of carbonyl (C=O) groups excluding carboxylic acids is 2. The summed E-state index contributed by atoms with van der Waals surface area (Å²) in [6.07, 6.45) is 3.27. The zero-order chi connectivity index (χ0) is 23.0. The molecule has 3 aromatic rings. The van der Waals surface area contributed by atoms with E-state index in [4.69, 9.17) is 13.9 Å². The number of amides is 2. The lowest BCUT2D eigenvalue weighted by molar-refractivity contribution is -0.131. The Kier molecular flexibility index (Phi) is 7.42. The molecule has 172 valence electrons. The van der Waals surface area contributed by atoms with E-state index in [2.05, 4.69) is 0 Å². The van der Waals surface area contributed by atoms with Gasteiger partial charge in [0.1, 0.15) is 18.6 Å². The molecule has 33 heavy (non-hydrogen) atoms. The summed E-state index contributed by atoms with van der Waals surface area (Å²) in [6.45, 7) is 1.68. The van der Waals surface area contributed by atoms with Gasteiger partial charge in [0, 0.05) is 19.6 Å². The Hall–Kier alpha value is -3.58. The highest BCUT2D eigenvalue weighted by Crippen LogP contribution is 2.17. The van der Waals surface area contributed by atoms with Crippen LogP contribution in [0.5, 0.6) is 5.75 Å². The van der Waals surface area contributed by atoms with E-state index in [9.17, 15) is 9.59 Å². The monoisotopic (exact) mass is 448 g/mol. The minimum atomic E-state index is -0.325. The van der Waals surface area contributed by atoms with Gasteiger partial charge in [-0.15, -0.1) is 0 Å². The van der Waals surface area contributed by atoms with Crippen LogP contribution < -0.4 is 4.74 Å². The Morgan fingerprint density at radius 1 is 1.06 bits per heavy atom. The molecule has 0 bridgehead atoms. The van der Waals surface area contributed by atoms with Gasteiger partial charge in [0.05, 0.1) is 31.6 Å². The van der Waals surface area contributed by atoms with Gasteiger partial charge in [-0.25, -0.2) is 0 Å². The number of carbonyl (C=O) groups is 2. The molecule has 0 N–H and O–H groups in total. The van der Waals surface area contributed by atoms with Gasteiger partial charge in [0.2, 0.25) is 5.91 Å². The number of hydrogen-bond donors (Lipinski definition) is 0. The summed E-state index contributed by atoms with van der Waals surface area (Å²) in [5.41, 5.74) is 2.55. The fraction of sp³-hybridized carbons (Fsp3) is 0.308. The average Bonchev–Trinajstić information content (AvgIpc) is 3.34. The van der Waals surface area contributed by atoms with Gasteiger partial charge < -0.3 is 23.7 Å². The van der Waals surface area contributed by atoms with Crippen LogP contribution in [0.15, 0.2) is 77.6 Å². The van der Waals surface area contributed by atoms with E-state index in [1.54, 1.807) is 23.0 Å². The van der Waals surface area contributed by atoms with Crippen molar-refractivity contribution >= 4 is 11.8 Å². The van der Waals surface area contributed by atoms with Gasteiger partial charge in [-0.3, -0.25) is 9.59 Å². The first-order valence-corrected chi connectivity index (χ1v) is 11.0. The highest BCUT2D eigenvalue weighted by molar-refractivity contribution is 5.96. The highest BCUT2D eigenvalue weighted by Gasteiger charge is 2.31. The summed E-state index contributed by atoms with van der Waals surface area (Å²) >= 11 is 0. The zero-order valence-corrected chi connectivity index (χ0v) is 18.7. The van der Waals surface area contributed by atoms with Crippen molar-refractivity contribution < 1.29 is 23.5 Å². The van der Waals surface area contributed by atoms with Crippen molar-refractivity contribution in [3.05, 3.63) is 89.9 Å². The van der Waals surface area contributed by atoms with Crippen LogP contribution in [-0.4, -0.2) is 61.0 Å². The molecule has 1 atom stereocenters.